The number of fused-ring (bicyclic) bond motifs is 1. The van der Waals surface area contributed by atoms with Crippen LogP contribution in [-0.4, -0.2) is 14.5 Å². The van der Waals surface area contributed by atoms with Crippen molar-refractivity contribution in [3.8, 4) is 6.07 Å². The number of nitrogens with one attached hydrogen (secondary N) is 2. The van der Waals surface area contributed by atoms with Crippen LogP contribution in [0.4, 0.5) is 5.69 Å². The molecule has 2 aromatic heterocycles. The van der Waals surface area contributed by atoms with Gasteiger partial charge in [-0.15, -0.1) is 0 Å². The van der Waals surface area contributed by atoms with Gasteiger partial charge in [0.2, 0.25) is 0 Å². The lowest BCUT2D eigenvalue weighted by molar-refractivity contribution is 0.700. The van der Waals surface area contributed by atoms with Crippen LogP contribution in [0.25, 0.3) is 10.9 Å². The number of nitriles is 1. The van der Waals surface area contributed by atoms with E-state index in [0.29, 0.717) is 5.56 Å². The van der Waals surface area contributed by atoms with Crippen molar-refractivity contribution in [2.24, 2.45) is 0 Å². The fraction of sp³-hybridized carbons (Fsp3) is 0.200. The Bertz CT molecular complexity index is 824. The van der Waals surface area contributed by atoms with Crippen LogP contribution in [-0.2, 0) is 6.54 Å². The van der Waals surface area contributed by atoms with Crippen molar-refractivity contribution in [2.45, 2.75) is 25.4 Å². The molecule has 0 aliphatic carbocycles. The van der Waals surface area contributed by atoms with Crippen LogP contribution in [0.5, 0.6) is 0 Å². The first-order valence-electron chi connectivity index (χ1n) is 6.68. The van der Waals surface area contributed by atoms with E-state index in [1.165, 1.54) is 11.9 Å². The summed E-state index contributed by atoms with van der Waals surface area (Å²) in [4.78, 5) is 7.34. The number of anilines is 1. The number of aromatic amines is 1. The molecule has 0 bridgehead atoms. The summed E-state index contributed by atoms with van der Waals surface area (Å²) in [6.07, 6.45) is 5.41. The molecule has 0 spiro atoms. The molecule has 0 aliphatic rings. The predicted octanol–water partition coefficient (Wildman–Crippen LogP) is 3.68. The van der Waals surface area contributed by atoms with Crippen molar-refractivity contribution in [3.63, 3.8) is 0 Å². The minimum Gasteiger partial charge on any atom is -0.358 e. The molecule has 0 radical (unpaired) electrons. The fourth-order valence-electron chi connectivity index (χ4n) is 2.33. The first kappa shape index (κ1) is 13.6. The molecule has 0 fully saturated rings. The smallest absolute Gasteiger partial charge is 0.115 e. The molecule has 0 saturated carbocycles. The lowest BCUT2D eigenvalue weighted by Gasteiger charge is -2.09. The molecule has 2 N–H and O–H groups in total. The van der Waals surface area contributed by atoms with Crippen LogP contribution in [0.1, 0.15) is 18.1 Å². The zero-order valence-electron chi connectivity index (χ0n) is 11.8. The largest absolute Gasteiger partial charge is 0.358 e. The van der Waals surface area contributed by atoms with E-state index in [1.54, 1.807) is 6.20 Å². The highest BCUT2D eigenvalue weighted by atomic mass is 32.2. The molecule has 0 amide bonds. The summed E-state index contributed by atoms with van der Waals surface area (Å²) in [6, 6.07) is 6.27. The van der Waals surface area contributed by atoms with Crippen LogP contribution in [0.15, 0.2) is 35.9 Å². The second kappa shape index (κ2) is 5.54. The molecule has 3 aromatic rings. The van der Waals surface area contributed by atoms with Gasteiger partial charge in [0, 0.05) is 30.1 Å². The van der Waals surface area contributed by atoms with E-state index in [0.717, 1.165) is 33.7 Å². The van der Waals surface area contributed by atoms with Gasteiger partial charge >= 0.3 is 0 Å². The third kappa shape index (κ3) is 2.36. The molecule has 106 valence electrons. The van der Waals surface area contributed by atoms with Gasteiger partial charge in [-0.2, -0.15) is 5.26 Å². The summed E-state index contributed by atoms with van der Waals surface area (Å²) in [5, 5.41) is 11.2. The Hall–Kier alpha value is -2.39. The SMILES string of the molecule is CCn1cncc1SNc1ccc(C)c2c(C#N)c[nH]c12. The van der Waals surface area contributed by atoms with E-state index in [4.69, 9.17) is 0 Å². The summed E-state index contributed by atoms with van der Waals surface area (Å²) in [7, 11) is 0. The van der Waals surface area contributed by atoms with Crippen molar-refractivity contribution in [1.29, 1.82) is 5.26 Å². The van der Waals surface area contributed by atoms with E-state index in [-0.39, 0.29) is 0 Å². The Morgan fingerprint density at radius 1 is 1.48 bits per heavy atom. The van der Waals surface area contributed by atoms with Gasteiger partial charge in [-0.3, -0.25) is 0 Å². The minimum atomic E-state index is 0.676. The summed E-state index contributed by atoms with van der Waals surface area (Å²) in [6.45, 7) is 4.98. The minimum absolute atomic E-state index is 0.676. The van der Waals surface area contributed by atoms with Crippen molar-refractivity contribution in [1.82, 2.24) is 14.5 Å². The predicted molar refractivity (Wildman–Crippen MR) is 85.1 cm³/mol. The normalized spacial score (nSPS) is 10.7. The number of aryl methyl sites for hydroxylation is 2. The van der Waals surface area contributed by atoms with Crippen molar-refractivity contribution < 1.29 is 0 Å². The fourth-order valence-corrected chi connectivity index (χ4v) is 3.12. The maximum absolute atomic E-state index is 9.18. The average Bonchev–Trinajstić information content (AvgIpc) is 3.13. The van der Waals surface area contributed by atoms with Crippen molar-refractivity contribution in [3.05, 3.63) is 42.0 Å². The maximum atomic E-state index is 9.18. The van der Waals surface area contributed by atoms with Gasteiger partial charge in [0.15, 0.2) is 0 Å². The first-order chi connectivity index (χ1) is 10.2. The highest BCUT2D eigenvalue weighted by molar-refractivity contribution is 8.00. The second-order valence-electron chi connectivity index (χ2n) is 4.72. The molecule has 5 nitrogen and oxygen atoms in total. The molecule has 0 unspecified atom stereocenters. The van der Waals surface area contributed by atoms with E-state index in [9.17, 15) is 5.26 Å². The number of hydrogen-bond donors (Lipinski definition) is 2. The Labute approximate surface area is 127 Å². The van der Waals surface area contributed by atoms with Crippen molar-refractivity contribution >= 4 is 28.5 Å². The number of imidazole rings is 1. The number of hydrogen-bond acceptors (Lipinski definition) is 4. The van der Waals surface area contributed by atoms with Crippen LogP contribution in [0.2, 0.25) is 0 Å². The quantitative estimate of drug-likeness (QED) is 0.721. The molecule has 0 saturated heterocycles. The lowest BCUT2D eigenvalue weighted by Crippen LogP contribution is -1.96. The van der Waals surface area contributed by atoms with Gasteiger partial charge in [0.05, 0.1) is 29.3 Å². The molecule has 2 heterocycles. The molecule has 0 atom stereocenters. The topological polar surface area (TPSA) is 69.4 Å². The van der Waals surface area contributed by atoms with E-state index in [1.807, 2.05) is 31.6 Å². The maximum Gasteiger partial charge on any atom is 0.115 e. The molecule has 1 aromatic carbocycles. The van der Waals surface area contributed by atoms with Crippen LogP contribution in [0.3, 0.4) is 0 Å². The summed E-state index contributed by atoms with van der Waals surface area (Å²) in [5.74, 6) is 0. The molecular weight excluding hydrogens is 282 g/mol. The second-order valence-corrected chi connectivity index (χ2v) is 5.54. The number of H-pyrrole nitrogens is 1. The highest BCUT2D eigenvalue weighted by Crippen LogP contribution is 2.31. The Morgan fingerprint density at radius 2 is 2.33 bits per heavy atom. The zero-order chi connectivity index (χ0) is 14.8. The van der Waals surface area contributed by atoms with Gasteiger partial charge < -0.3 is 14.3 Å². The van der Waals surface area contributed by atoms with Gasteiger partial charge in [-0.1, -0.05) is 6.07 Å². The Balaban J connectivity index is 1.93. The molecular formula is C15H15N5S. The highest BCUT2D eigenvalue weighted by Gasteiger charge is 2.11. The van der Waals surface area contributed by atoms with E-state index in [2.05, 4.69) is 32.3 Å². The summed E-state index contributed by atoms with van der Waals surface area (Å²) in [5.41, 5.74) is 3.69. The van der Waals surface area contributed by atoms with Gasteiger partial charge in [-0.25, -0.2) is 4.98 Å². The van der Waals surface area contributed by atoms with Gasteiger partial charge in [-0.05, 0) is 25.5 Å². The van der Waals surface area contributed by atoms with Gasteiger partial charge in [0.1, 0.15) is 11.1 Å². The summed E-state index contributed by atoms with van der Waals surface area (Å²) >= 11 is 1.52. The zero-order valence-corrected chi connectivity index (χ0v) is 12.7. The number of benzene rings is 1. The standard InChI is InChI=1S/C15H15N5S/c1-3-20-9-17-8-13(20)21-19-12-5-4-10(2)14-11(6-16)7-18-15(12)14/h4-5,7-9,18-19H,3H2,1-2H3. The van der Waals surface area contributed by atoms with Crippen molar-refractivity contribution in [2.75, 3.05) is 4.72 Å². The number of aromatic nitrogens is 3. The van der Waals surface area contributed by atoms with Crippen LogP contribution in [0, 0.1) is 18.3 Å². The average molecular weight is 297 g/mol. The lowest BCUT2D eigenvalue weighted by atomic mass is 10.1. The number of nitrogens with zero attached hydrogens (tertiary/aromatic N) is 3. The Kier molecular flexibility index (Phi) is 3.59. The van der Waals surface area contributed by atoms with Crippen LogP contribution >= 0.6 is 11.9 Å². The molecule has 3 rings (SSSR count). The van der Waals surface area contributed by atoms with E-state index < -0.39 is 0 Å². The third-order valence-electron chi connectivity index (χ3n) is 3.44. The monoisotopic (exact) mass is 297 g/mol. The third-order valence-corrected chi connectivity index (χ3v) is 4.32. The van der Waals surface area contributed by atoms with Crippen LogP contribution < -0.4 is 4.72 Å². The number of rotatable bonds is 4. The molecule has 6 heteroatoms. The Morgan fingerprint density at radius 3 is 3.10 bits per heavy atom. The van der Waals surface area contributed by atoms with Gasteiger partial charge in [0.25, 0.3) is 0 Å². The van der Waals surface area contributed by atoms with E-state index >= 15 is 0 Å². The molecule has 0 aliphatic heterocycles. The molecule has 21 heavy (non-hydrogen) atoms. The summed E-state index contributed by atoms with van der Waals surface area (Å²) < 4.78 is 5.41. The first-order valence-corrected chi connectivity index (χ1v) is 7.50.